The van der Waals surface area contributed by atoms with Gasteiger partial charge < -0.3 is 9.13 Å². The zero-order valence-electron chi connectivity index (χ0n) is 24.7. The van der Waals surface area contributed by atoms with Crippen molar-refractivity contribution >= 4 is 38.8 Å². The summed E-state index contributed by atoms with van der Waals surface area (Å²) in [5.74, 6) is 0. The monoisotopic (exact) mass is 564 g/mol. The van der Waals surface area contributed by atoms with Gasteiger partial charge in [-0.3, -0.25) is 0 Å². The summed E-state index contributed by atoms with van der Waals surface area (Å²) in [6.45, 7) is 6.50. The summed E-state index contributed by atoms with van der Waals surface area (Å²) in [6.07, 6.45) is 2.95. The van der Waals surface area contributed by atoms with Crippen molar-refractivity contribution in [3.05, 3.63) is 163 Å². The van der Waals surface area contributed by atoms with Crippen molar-refractivity contribution < 1.29 is 0 Å². The second-order valence-electron chi connectivity index (χ2n) is 11.3. The lowest BCUT2D eigenvalue weighted by atomic mass is 10.0. The second kappa shape index (κ2) is 10.6. The van der Waals surface area contributed by atoms with Crippen LogP contribution in [0.25, 0.3) is 72.4 Å². The number of nitrogens with zero attached hydrogens (tertiary/aromatic N) is 2. The van der Waals surface area contributed by atoms with Crippen LogP contribution < -0.4 is 0 Å². The quantitative estimate of drug-likeness (QED) is 0.190. The molecule has 0 spiro atoms. The zero-order chi connectivity index (χ0) is 29.6. The molecule has 8 rings (SSSR count). The van der Waals surface area contributed by atoms with Crippen LogP contribution in [0.4, 0.5) is 0 Å². The number of rotatable bonds is 6. The number of hydrogen-bond acceptors (Lipinski definition) is 0. The summed E-state index contributed by atoms with van der Waals surface area (Å²) in [6, 6.07) is 52.6. The molecule has 0 amide bonds. The molecule has 0 unspecified atom stereocenters. The predicted octanol–water partition coefficient (Wildman–Crippen LogP) is 11.3. The third-order valence-corrected chi connectivity index (χ3v) is 8.89. The van der Waals surface area contributed by atoms with E-state index in [1.807, 2.05) is 6.08 Å². The van der Waals surface area contributed by atoms with Gasteiger partial charge in [0.25, 0.3) is 0 Å². The van der Waals surface area contributed by atoms with Crippen molar-refractivity contribution in [3.8, 4) is 33.6 Å². The average molecular weight is 565 g/mol. The Morgan fingerprint density at radius 3 is 1.66 bits per heavy atom. The molecule has 0 N–H and O–H groups in total. The number of para-hydroxylation sites is 1. The van der Waals surface area contributed by atoms with Crippen molar-refractivity contribution in [2.24, 2.45) is 0 Å². The van der Waals surface area contributed by atoms with Crippen LogP contribution in [0.3, 0.4) is 0 Å². The first-order valence-corrected chi connectivity index (χ1v) is 15.3. The van der Waals surface area contributed by atoms with Gasteiger partial charge in [-0.15, -0.1) is 0 Å². The molecule has 0 atom stereocenters. The Bertz CT molecular complexity index is 2320. The van der Waals surface area contributed by atoms with Gasteiger partial charge in [0, 0.05) is 33.2 Å². The minimum absolute atomic E-state index is 0.935. The maximum Gasteiger partial charge on any atom is 0.0547 e. The second-order valence-corrected chi connectivity index (χ2v) is 11.3. The van der Waals surface area contributed by atoms with E-state index in [-0.39, 0.29) is 0 Å². The molecule has 2 heteroatoms. The van der Waals surface area contributed by atoms with Crippen molar-refractivity contribution in [1.82, 2.24) is 9.13 Å². The van der Waals surface area contributed by atoms with E-state index in [0.29, 0.717) is 0 Å². The van der Waals surface area contributed by atoms with Crippen molar-refractivity contribution in [2.45, 2.75) is 13.3 Å². The van der Waals surface area contributed by atoms with Crippen molar-refractivity contribution in [1.29, 1.82) is 0 Å². The van der Waals surface area contributed by atoms with Gasteiger partial charge in [-0.05, 0) is 76.7 Å². The SMILES string of the molecule is C=Cc1c(CC)c2ccc(-c3ccccc3)cc2n1-c1cccc(-n2c3ccccc3c3ccc(-c4ccccc4)cc32)c1. The highest BCUT2D eigenvalue weighted by Gasteiger charge is 2.18. The van der Waals surface area contributed by atoms with E-state index in [1.54, 1.807) is 0 Å². The van der Waals surface area contributed by atoms with Crippen LogP contribution in [0.5, 0.6) is 0 Å². The van der Waals surface area contributed by atoms with Crippen LogP contribution in [0.2, 0.25) is 0 Å². The normalized spacial score (nSPS) is 11.5. The molecular weight excluding hydrogens is 532 g/mol. The molecule has 0 aliphatic rings. The lowest BCUT2D eigenvalue weighted by Crippen LogP contribution is -2.00. The fraction of sp³-hybridized carbons (Fsp3) is 0.0476. The molecule has 2 heterocycles. The van der Waals surface area contributed by atoms with Crippen LogP contribution in [0.1, 0.15) is 18.2 Å². The number of hydrogen-bond donors (Lipinski definition) is 0. The fourth-order valence-corrected chi connectivity index (χ4v) is 6.88. The van der Waals surface area contributed by atoms with Gasteiger partial charge in [0.05, 0.1) is 16.6 Å². The van der Waals surface area contributed by atoms with E-state index in [2.05, 4.69) is 168 Å². The molecule has 0 saturated carbocycles. The highest BCUT2D eigenvalue weighted by atomic mass is 15.0. The van der Waals surface area contributed by atoms with Gasteiger partial charge >= 0.3 is 0 Å². The molecule has 8 aromatic rings. The Morgan fingerprint density at radius 2 is 1.02 bits per heavy atom. The molecule has 6 aromatic carbocycles. The van der Waals surface area contributed by atoms with Crippen LogP contribution in [-0.4, -0.2) is 9.13 Å². The van der Waals surface area contributed by atoms with Gasteiger partial charge in [0.15, 0.2) is 0 Å². The summed E-state index contributed by atoms with van der Waals surface area (Å²) < 4.78 is 4.80. The first kappa shape index (κ1) is 26.1. The third kappa shape index (κ3) is 4.11. The Hall–Kier alpha value is -5.60. The largest absolute Gasteiger partial charge is 0.310 e. The molecule has 2 nitrogen and oxygen atoms in total. The van der Waals surface area contributed by atoms with Crippen molar-refractivity contribution in [2.75, 3.05) is 0 Å². The Kier molecular flexibility index (Phi) is 6.27. The molecule has 0 saturated heterocycles. The molecule has 0 aliphatic carbocycles. The molecule has 0 fully saturated rings. The van der Waals surface area contributed by atoms with Gasteiger partial charge in [-0.2, -0.15) is 0 Å². The molecular formula is C42H32N2. The first-order valence-electron chi connectivity index (χ1n) is 15.3. The molecule has 0 bridgehead atoms. The summed E-state index contributed by atoms with van der Waals surface area (Å²) in [7, 11) is 0. The predicted molar refractivity (Wildman–Crippen MR) is 188 cm³/mol. The van der Waals surface area contributed by atoms with E-state index in [1.165, 1.54) is 60.5 Å². The highest BCUT2D eigenvalue weighted by Crippen LogP contribution is 2.37. The van der Waals surface area contributed by atoms with E-state index < -0.39 is 0 Å². The van der Waals surface area contributed by atoms with E-state index in [0.717, 1.165) is 23.5 Å². The minimum atomic E-state index is 0.935. The Balaban J connectivity index is 1.38. The highest BCUT2D eigenvalue weighted by molar-refractivity contribution is 6.10. The number of aromatic nitrogens is 2. The molecule has 0 aliphatic heterocycles. The lowest BCUT2D eigenvalue weighted by molar-refractivity contribution is 1.05. The van der Waals surface area contributed by atoms with Gasteiger partial charge in [-0.1, -0.05) is 123 Å². The molecule has 210 valence electrons. The molecule has 44 heavy (non-hydrogen) atoms. The minimum Gasteiger partial charge on any atom is -0.310 e. The van der Waals surface area contributed by atoms with Crippen molar-refractivity contribution in [3.63, 3.8) is 0 Å². The summed E-state index contributed by atoms with van der Waals surface area (Å²) >= 11 is 0. The topological polar surface area (TPSA) is 9.86 Å². The van der Waals surface area contributed by atoms with Gasteiger partial charge in [-0.25, -0.2) is 0 Å². The fourth-order valence-electron chi connectivity index (χ4n) is 6.88. The first-order chi connectivity index (χ1) is 21.7. The summed E-state index contributed by atoms with van der Waals surface area (Å²) in [5, 5.41) is 3.79. The maximum atomic E-state index is 4.27. The number of benzene rings is 6. The van der Waals surface area contributed by atoms with Crippen LogP contribution in [0, 0.1) is 0 Å². The van der Waals surface area contributed by atoms with Crippen LogP contribution in [0.15, 0.2) is 152 Å². The smallest absolute Gasteiger partial charge is 0.0547 e. The number of fused-ring (bicyclic) bond motifs is 4. The summed E-state index contributed by atoms with van der Waals surface area (Å²) in [4.78, 5) is 0. The zero-order valence-corrected chi connectivity index (χ0v) is 24.7. The summed E-state index contributed by atoms with van der Waals surface area (Å²) in [5.41, 5.74) is 13.2. The average Bonchev–Trinajstić information content (AvgIpc) is 3.60. The van der Waals surface area contributed by atoms with Crippen LogP contribution in [-0.2, 0) is 6.42 Å². The lowest BCUT2D eigenvalue weighted by Gasteiger charge is -2.14. The standard InChI is InChI=1S/C42H32N2/c1-3-35-37-24-22-31(29-14-7-5-8-15-29)26-41(37)43(39(35)4-2)33-18-13-19-34(28-33)44-40-21-12-11-20-36(40)38-25-23-32(27-42(38)44)30-16-9-6-10-17-30/h4-28H,2-3H2,1H3. The van der Waals surface area contributed by atoms with Crippen LogP contribution >= 0.6 is 0 Å². The van der Waals surface area contributed by atoms with E-state index in [4.69, 9.17) is 0 Å². The number of aryl methyl sites for hydroxylation is 1. The Labute approximate surface area is 257 Å². The van der Waals surface area contributed by atoms with Gasteiger partial charge in [0.1, 0.15) is 0 Å². The van der Waals surface area contributed by atoms with Gasteiger partial charge in [0.2, 0.25) is 0 Å². The van der Waals surface area contributed by atoms with E-state index in [9.17, 15) is 0 Å². The Morgan fingerprint density at radius 1 is 0.477 bits per heavy atom. The molecule has 2 aromatic heterocycles. The third-order valence-electron chi connectivity index (χ3n) is 8.89. The maximum absolute atomic E-state index is 4.27. The molecule has 0 radical (unpaired) electrons. The van der Waals surface area contributed by atoms with E-state index >= 15 is 0 Å².